The van der Waals surface area contributed by atoms with E-state index >= 15 is 0 Å². The summed E-state index contributed by atoms with van der Waals surface area (Å²) in [6, 6.07) is 36.7. The molecule has 0 unspecified atom stereocenters. The molecule has 1 fully saturated rings. The molecule has 8 heteroatoms. The molecular formula is C42H38ClN3O4. The normalized spacial score (nSPS) is 13.3. The number of hydrogen-bond donors (Lipinski definition) is 1. The molecular weight excluding hydrogens is 646 g/mol. The number of rotatable bonds is 10. The van der Waals surface area contributed by atoms with E-state index in [-0.39, 0.29) is 18.1 Å². The van der Waals surface area contributed by atoms with Gasteiger partial charge in [-0.1, -0.05) is 79.4 Å². The van der Waals surface area contributed by atoms with E-state index in [0.717, 1.165) is 64.8 Å². The van der Waals surface area contributed by atoms with Gasteiger partial charge in [0.25, 0.3) is 5.91 Å². The minimum atomic E-state index is -0.963. The van der Waals surface area contributed by atoms with E-state index in [1.54, 1.807) is 17.0 Å². The summed E-state index contributed by atoms with van der Waals surface area (Å²) in [4.78, 5) is 31.9. The molecule has 1 aromatic heterocycles. The summed E-state index contributed by atoms with van der Waals surface area (Å²) >= 11 is 6.20. The molecule has 1 aliphatic rings. The molecule has 7 rings (SSSR count). The van der Waals surface area contributed by atoms with E-state index < -0.39 is 5.97 Å². The molecule has 1 amide bonds. The quantitative estimate of drug-likeness (QED) is 0.155. The molecule has 50 heavy (non-hydrogen) atoms. The van der Waals surface area contributed by atoms with E-state index in [0.29, 0.717) is 34.4 Å². The van der Waals surface area contributed by atoms with Crippen LogP contribution in [0.2, 0.25) is 5.02 Å². The molecule has 0 spiro atoms. The third-order valence-corrected chi connectivity index (χ3v) is 9.75. The fraction of sp³-hybridized carbons (Fsp3) is 0.214. The first-order valence-corrected chi connectivity index (χ1v) is 17.4. The van der Waals surface area contributed by atoms with Gasteiger partial charge in [-0.15, -0.1) is 0 Å². The van der Waals surface area contributed by atoms with Gasteiger partial charge < -0.3 is 19.3 Å². The molecule has 1 heterocycles. The lowest BCUT2D eigenvalue weighted by atomic mass is 9.95. The van der Waals surface area contributed by atoms with Gasteiger partial charge in [-0.3, -0.25) is 4.79 Å². The Bertz CT molecular complexity index is 2140. The lowest BCUT2D eigenvalue weighted by Crippen LogP contribution is -2.26. The molecule has 6 aromatic rings. The Hall–Kier alpha value is -5.40. The number of fused-ring (bicyclic) bond motifs is 1. The predicted octanol–water partition coefficient (Wildman–Crippen LogP) is 10.1. The number of hydrogen-bond acceptors (Lipinski definition) is 4. The maximum atomic E-state index is 13.5. The Labute approximate surface area is 296 Å². The Balaban J connectivity index is 1.16. The van der Waals surface area contributed by atoms with Gasteiger partial charge >= 0.3 is 5.97 Å². The van der Waals surface area contributed by atoms with Crippen molar-refractivity contribution < 1.29 is 19.4 Å². The first-order valence-electron chi connectivity index (χ1n) is 17.0. The van der Waals surface area contributed by atoms with Crippen LogP contribution in [0.4, 0.5) is 0 Å². The van der Waals surface area contributed by atoms with Crippen LogP contribution in [-0.4, -0.2) is 38.5 Å². The van der Waals surface area contributed by atoms with E-state index in [1.807, 2.05) is 110 Å². The van der Waals surface area contributed by atoms with Crippen LogP contribution in [0, 0.1) is 0 Å². The largest absolute Gasteiger partial charge is 0.489 e. The minimum Gasteiger partial charge on any atom is -0.489 e. The SMILES string of the molecule is CN(Cc1ccccc1)C(=O)c1ccc(-c2ccc(Cl)cc2)c(COc2ccc(-c3nc4cc(C(=O)O)ccc4n3C3CCCCC3)cc2)c1. The maximum Gasteiger partial charge on any atom is 0.335 e. The standard InChI is InChI=1S/C42H38ClN3O4/c1-45(26-28-8-4-2-5-9-28)41(47)31-16-22-37(29-12-18-34(43)19-13-29)33(24-31)27-50-36-20-14-30(15-21-36)40-44-38-25-32(42(48)49)17-23-39(38)46(40)35-10-6-3-7-11-35/h2,4-5,8-9,12-25,35H,3,6-7,10-11,26-27H2,1H3,(H,48,49). The van der Waals surface area contributed by atoms with Gasteiger partial charge in [0, 0.05) is 35.8 Å². The third-order valence-electron chi connectivity index (χ3n) is 9.50. The molecule has 0 bridgehead atoms. The number of nitrogens with zero attached hydrogens (tertiary/aromatic N) is 3. The van der Waals surface area contributed by atoms with E-state index in [2.05, 4.69) is 4.57 Å². The van der Waals surface area contributed by atoms with Crippen LogP contribution in [0.15, 0.2) is 115 Å². The summed E-state index contributed by atoms with van der Waals surface area (Å²) in [5.41, 5.74) is 7.27. The van der Waals surface area contributed by atoms with Gasteiger partial charge in [0.15, 0.2) is 0 Å². The summed E-state index contributed by atoms with van der Waals surface area (Å²) in [5, 5.41) is 10.2. The number of carboxylic acid groups (broad SMARTS) is 1. The van der Waals surface area contributed by atoms with Crippen LogP contribution in [0.1, 0.15) is 70.0 Å². The summed E-state index contributed by atoms with van der Waals surface area (Å²) in [6.07, 6.45) is 5.70. The molecule has 252 valence electrons. The van der Waals surface area contributed by atoms with Gasteiger partial charge in [0.05, 0.1) is 16.6 Å². The van der Waals surface area contributed by atoms with Crippen molar-refractivity contribution >= 4 is 34.5 Å². The fourth-order valence-electron chi connectivity index (χ4n) is 6.91. The van der Waals surface area contributed by atoms with Gasteiger partial charge in [-0.05, 0) is 102 Å². The van der Waals surface area contributed by atoms with Crippen LogP contribution in [0.25, 0.3) is 33.5 Å². The zero-order chi connectivity index (χ0) is 34.6. The second-order valence-electron chi connectivity index (χ2n) is 12.9. The number of benzene rings is 5. The Kier molecular flexibility index (Phi) is 9.67. The van der Waals surface area contributed by atoms with Crippen molar-refractivity contribution in [3.63, 3.8) is 0 Å². The van der Waals surface area contributed by atoms with E-state index in [9.17, 15) is 14.7 Å². The summed E-state index contributed by atoms with van der Waals surface area (Å²) in [7, 11) is 1.81. The minimum absolute atomic E-state index is 0.0709. The number of imidazole rings is 1. The number of carboxylic acids is 1. The Morgan fingerprint density at radius 2 is 1.54 bits per heavy atom. The number of amides is 1. The Morgan fingerprint density at radius 3 is 2.26 bits per heavy atom. The van der Waals surface area contributed by atoms with E-state index in [1.165, 1.54) is 6.42 Å². The van der Waals surface area contributed by atoms with Crippen molar-refractivity contribution in [1.29, 1.82) is 0 Å². The van der Waals surface area contributed by atoms with Crippen molar-refractivity contribution in [3.8, 4) is 28.3 Å². The molecule has 0 saturated heterocycles. The number of ether oxygens (including phenoxy) is 1. The summed E-state index contributed by atoms with van der Waals surface area (Å²) in [6.45, 7) is 0.755. The van der Waals surface area contributed by atoms with Gasteiger partial charge in [0.2, 0.25) is 0 Å². The van der Waals surface area contributed by atoms with Crippen LogP contribution >= 0.6 is 11.6 Å². The van der Waals surface area contributed by atoms with Gasteiger partial charge in [-0.2, -0.15) is 0 Å². The molecule has 0 aliphatic heterocycles. The van der Waals surface area contributed by atoms with Crippen LogP contribution < -0.4 is 4.74 Å². The van der Waals surface area contributed by atoms with Crippen molar-refractivity contribution in [2.24, 2.45) is 0 Å². The van der Waals surface area contributed by atoms with Crippen LogP contribution in [0.3, 0.4) is 0 Å². The number of halogens is 1. The zero-order valence-corrected chi connectivity index (χ0v) is 28.6. The average molecular weight is 684 g/mol. The van der Waals surface area contributed by atoms with Crippen molar-refractivity contribution in [2.75, 3.05) is 7.05 Å². The molecule has 1 aliphatic carbocycles. The van der Waals surface area contributed by atoms with Crippen molar-refractivity contribution in [3.05, 3.63) is 143 Å². The lowest BCUT2D eigenvalue weighted by molar-refractivity contribution is 0.0696. The number of carbonyl (C=O) groups is 2. The van der Waals surface area contributed by atoms with Crippen LogP contribution in [0.5, 0.6) is 5.75 Å². The second-order valence-corrected chi connectivity index (χ2v) is 13.4. The second kappa shape index (κ2) is 14.6. The lowest BCUT2D eigenvalue weighted by Gasteiger charge is -2.25. The zero-order valence-electron chi connectivity index (χ0n) is 27.9. The molecule has 5 aromatic carbocycles. The van der Waals surface area contributed by atoms with Crippen molar-refractivity contribution in [2.45, 2.75) is 51.3 Å². The Morgan fingerprint density at radius 1 is 0.840 bits per heavy atom. The van der Waals surface area contributed by atoms with Gasteiger partial charge in [-0.25, -0.2) is 9.78 Å². The average Bonchev–Trinajstić information content (AvgIpc) is 3.54. The fourth-order valence-corrected chi connectivity index (χ4v) is 7.04. The van der Waals surface area contributed by atoms with Gasteiger partial charge in [0.1, 0.15) is 18.2 Å². The van der Waals surface area contributed by atoms with Crippen molar-refractivity contribution in [1.82, 2.24) is 14.5 Å². The van der Waals surface area contributed by atoms with Crippen LogP contribution in [-0.2, 0) is 13.2 Å². The number of aromatic nitrogens is 2. The first-order chi connectivity index (χ1) is 24.3. The summed E-state index contributed by atoms with van der Waals surface area (Å²) in [5.74, 6) is 0.480. The highest BCUT2D eigenvalue weighted by Crippen LogP contribution is 2.37. The summed E-state index contributed by atoms with van der Waals surface area (Å²) < 4.78 is 8.66. The highest BCUT2D eigenvalue weighted by molar-refractivity contribution is 6.30. The first kappa shape index (κ1) is 33.1. The molecule has 1 saturated carbocycles. The van der Waals surface area contributed by atoms with E-state index in [4.69, 9.17) is 21.3 Å². The maximum absolute atomic E-state index is 13.5. The highest BCUT2D eigenvalue weighted by atomic mass is 35.5. The number of carbonyl (C=O) groups excluding carboxylic acids is 1. The molecule has 1 N–H and O–H groups in total. The third kappa shape index (κ3) is 7.14. The molecule has 0 radical (unpaired) electrons. The monoisotopic (exact) mass is 683 g/mol. The predicted molar refractivity (Wildman–Crippen MR) is 198 cm³/mol. The highest BCUT2D eigenvalue weighted by Gasteiger charge is 2.23. The smallest absolute Gasteiger partial charge is 0.335 e. The molecule has 7 nitrogen and oxygen atoms in total. The number of aromatic carboxylic acids is 1. The molecule has 0 atom stereocenters. The topological polar surface area (TPSA) is 84.7 Å².